The van der Waals surface area contributed by atoms with Crippen molar-refractivity contribution in [3.8, 4) is 11.4 Å². The molecule has 4 rings (SSSR count). The molecule has 3 heterocycles. The first kappa shape index (κ1) is 16.5. The minimum absolute atomic E-state index is 0.362. The molecule has 1 aromatic carbocycles. The predicted molar refractivity (Wildman–Crippen MR) is 103 cm³/mol. The molecule has 2 aliphatic heterocycles. The number of guanidine groups is 1. The summed E-state index contributed by atoms with van der Waals surface area (Å²) in [7, 11) is 1.93. The first-order valence-corrected chi connectivity index (χ1v) is 8.85. The molecule has 0 N–H and O–H groups in total. The van der Waals surface area contributed by atoms with E-state index in [1.54, 1.807) is 0 Å². The van der Waals surface area contributed by atoms with Crippen molar-refractivity contribution in [2.45, 2.75) is 26.7 Å². The van der Waals surface area contributed by atoms with Gasteiger partial charge in [-0.1, -0.05) is 35.4 Å². The lowest BCUT2D eigenvalue weighted by atomic mass is 10.2. The first-order chi connectivity index (χ1) is 12.6. The number of amidine groups is 1. The topological polar surface area (TPSA) is 67.8 Å². The zero-order valence-corrected chi connectivity index (χ0v) is 15.3. The summed E-state index contributed by atoms with van der Waals surface area (Å²) in [6.07, 6.45) is 5.52. The van der Waals surface area contributed by atoms with Gasteiger partial charge in [0.2, 0.25) is 0 Å². The molecule has 0 saturated heterocycles. The first-order valence-electron chi connectivity index (χ1n) is 8.85. The maximum Gasteiger partial charge on any atom is 0.363 e. The maximum atomic E-state index is 4.80. The summed E-state index contributed by atoms with van der Waals surface area (Å²) in [4.78, 5) is 13.9. The second-order valence-electron chi connectivity index (χ2n) is 6.48. The Morgan fingerprint density at radius 2 is 1.88 bits per heavy atom. The molecule has 7 nitrogen and oxygen atoms in total. The van der Waals surface area contributed by atoms with E-state index in [1.165, 1.54) is 0 Å². The highest BCUT2D eigenvalue weighted by atomic mass is 15.7. The fraction of sp³-hybridized carbons (Fsp3) is 0.316. The van der Waals surface area contributed by atoms with Crippen LogP contribution in [0.2, 0.25) is 0 Å². The monoisotopic (exact) mass is 348 g/mol. The molecular formula is C19H22N7+. The number of allylic oxidation sites excluding steroid dienone is 1. The quantitative estimate of drug-likeness (QED) is 0.780. The zero-order valence-electron chi connectivity index (χ0n) is 15.3. The molecule has 0 fully saturated rings. The second kappa shape index (κ2) is 6.42. The molecule has 0 saturated carbocycles. The van der Waals surface area contributed by atoms with E-state index in [0.717, 1.165) is 47.7 Å². The Labute approximate surface area is 152 Å². The highest BCUT2D eigenvalue weighted by molar-refractivity contribution is 6.06. The number of aryl methyl sites for hydroxylation is 2. The van der Waals surface area contributed by atoms with Crippen molar-refractivity contribution in [2.24, 2.45) is 22.1 Å². The van der Waals surface area contributed by atoms with Crippen molar-refractivity contribution in [1.29, 1.82) is 0 Å². The summed E-state index contributed by atoms with van der Waals surface area (Å²) in [6, 6.07) is 10.0. The van der Waals surface area contributed by atoms with Crippen LogP contribution >= 0.6 is 0 Å². The summed E-state index contributed by atoms with van der Waals surface area (Å²) in [5.74, 6) is 3.25. The molecule has 132 valence electrons. The van der Waals surface area contributed by atoms with Crippen LogP contribution in [0, 0.1) is 0 Å². The van der Waals surface area contributed by atoms with Gasteiger partial charge < -0.3 is 0 Å². The Morgan fingerprint density at radius 3 is 2.65 bits per heavy atom. The van der Waals surface area contributed by atoms with E-state index < -0.39 is 0 Å². The van der Waals surface area contributed by atoms with E-state index >= 15 is 0 Å². The molecule has 1 atom stereocenters. The zero-order chi connectivity index (χ0) is 18.1. The molecule has 2 aliphatic rings. The van der Waals surface area contributed by atoms with Crippen molar-refractivity contribution in [1.82, 2.24) is 14.8 Å². The van der Waals surface area contributed by atoms with Gasteiger partial charge in [-0.3, -0.25) is 4.68 Å². The van der Waals surface area contributed by atoms with Crippen LogP contribution in [0.1, 0.15) is 26.1 Å². The summed E-state index contributed by atoms with van der Waals surface area (Å²) in [5, 5.41) is 9.33. The van der Waals surface area contributed by atoms with Crippen LogP contribution in [0.15, 0.2) is 57.7 Å². The lowest BCUT2D eigenvalue weighted by molar-refractivity contribution is -0.792. The number of hydrogen-bond acceptors (Lipinski definition) is 5. The van der Waals surface area contributed by atoms with Gasteiger partial charge >= 0.3 is 5.96 Å². The van der Waals surface area contributed by atoms with Gasteiger partial charge in [0.05, 0.1) is 5.71 Å². The predicted octanol–water partition coefficient (Wildman–Crippen LogP) is 2.92. The molecule has 7 heteroatoms. The van der Waals surface area contributed by atoms with Crippen LogP contribution in [-0.4, -0.2) is 43.4 Å². The lowest BCUT2D eigenvalue weighted by Crippen LogP contribution is -2.42. The van der Waals surface area contributed by atoms with Crippen molar-refractivity contribution < 1.29 is 4.59 Å². The van der Waals surface area contributed by atoms with Crippen molar-refractivity contribution in [3.63, 3.8) is 0 Å². The average Bonchev–Trinajstić information content (AvgIpc) is 3.21. The molecule has 0 amide bonds. The fourth-order valence-corrected chi connectivity index (χ4v) is 3.10. The second-order valence-corrected chi connectivity index (χ2v) is 6.48. The molecule has 0 radical (unpaired) electrons. The average molecular weight is 348 g/mol. The summed E-state index contributed by atoms with van der Waals surface area (Å²) in [6.45, 7) is 4.88. The number of nitrogens with zero attached hydrogens (tertiary/aromatic N) is 7. The number of benzene rings is 1. The van der Waals surface area contributed by atoms with Gasteiger partial charge in [0.15, 0.2) is 11.7 Å². The summed E-state index contributed by atoms with van der Waals surface area (Å²) >= 11 is 0. The summed E-state index contributed by atoms with van der Waals surface area (Å²) in [5.41, 5.74) is 1.98. The van der Waals surface area contributed by atoms with Crippen LogP contribution in [0.25, 0.3) is 11.4 Å². The van der Waals surface area contributed by atoms with Crippen LogP contribution in [0.3, 0.4) is 0 Å². The van der Waals surface area contributed by atoms with E-state index in [4.69, 9.17) is 5.10 Å². The van der Waals surface area contributed by atoms with E-state index in [1.807, 2.05) is 55.1 Å². The van der Waals surface area contributed by atoms with Crippen molar-refractivity contribution >= 4 is 17.5 Å². The van der Waals surface area contributed by atoms with E-state index in [9.17, 15) is 0 Å². The number of rotatable bonds is 5. The Bertz CT molecular complexity index is 950. The van der Waals surface area contributed by atoms with Crippen molar-refractivity contribution in [2.75, 3.05) is 6.54 Å². The maximum absolute atomic E-state index is 4.80. The lowest BCUT2D eigenvalue weighted by Gasteiger charge is -2.22. The fourth-order valence-electron chi connectivity index (χ4n) is 3.10. The van der Waals surface area contributed by atoms with Crippen molar-refractivity contribution in [3.05, 3.63) is 48.4 Å². The highest BCUT2D eigenvalue weighted by Crippen LogP contribution is 2.24. The number of aliphatic imine (C=N–C) groups is 2. The van der Waals surface area contributed by atoms with Crippen LogP contribution in [0.4, 0.5) is 0 Å². The Balaban J connectivity index is 1.52. The third-order valence-electron chi connectivity index (χ3n) is 4.65. The Morgan fingerprint density at radius 1 is 1.08 bits per heavy atom. The number of fused-ring (bicyclic) bond motifs is 1. The molecule has 0 bridgehead atoms. The van der Waals surface area contributed by atoms with Gasteiger partial charge in [0.25, 0.3) is 0 Å². The van der Waals surface area contributed by atoms with E-state index in [2.05, 4.69) is 33.2 Å². The molecular weight excluding hydrogens is 326 g/mol. The van der Waals surface area contributed by atoms with Crippen LogP contribution < -0.4 is 0 Å². The van der Waals surface area contributed by atoms with Gasteiger partial charge in [-0.2, -0.15) is 15.1 Å². The van der Waals surface area contributed by atoms with Gasteiger partial charge in [-0.25, -0.2) is 4.98 Å². The number of quaternary nitrogens is 1. The Kier molecular flexibility index (Phi) is 4.08. The minimum atomic E-state index is 0.362. The number of hydrogen-bond donors (Lipinski definition) is 0. The Hall–Kier alpha value is -2.93. The molecule has 2 aromatic rings. The third-order valence-corrected chi connectivity index (χ3v) is 4.65. The largest absolute Gasteiger partial charge is 0.363 e. The molecule has 0 spiro atoms. The molecule has 0 aliphatic carbocycles. The highest BCUT2D eigenvalue weighted by Gasteiger charge is 2.39. The molecule has 26 heavy (non-hydrogen) atoms. The summed E-state index contributed by atoms with van der Waals surface area (Å²) < 4.78 is 2.20. The number of aromatic nitrogens is 3. The van der Waals surface area contributed by atoms with Gasteiger partial charge in [-0.15, -0.1) is 4.59 Å². The van der Waals surface area contributed by atoms with E-state index in [-0.39, 0.29) is 0 Å². The van der Waals surface area contributed by atoms with Gasteiger partial charge in [0, 0.05) is 31.5 Å². The smallest absolute Gasteiger partial charge is 0.253 e. The standard InChI is InChI=1S/C19H22N7/c1-4-26-13-12-14(2)20-19(26)21-16(24-26)10-11-17-22-18(23-25(17)3)15-8-6-5-7-9-15/h5-9,12-13H,4,10-11H2,1-3H3/q+1. The SMILES string of the molecule is CC[N+]12C=CC(C)=NC1=NC(CCc1nc(-c3ccccc3)nn1C)=N2. The normalized spacial score (nSPS) is 21.3. The van der Waals surface area contributed by atoms with Gasteiger partial charge in [0.1, 0.15) is 18.6 Å². The third kappa shape index (κ3) is 2.90. The van der Waals surface area contributed by atoms with Crippen LogP contribution in [0.5, 0.6) is 0 Å². The van der Waals surface area contributed by atoms with Crippen LogP contribution in [-0.2, 0) is 13.5 Å². The molecule has 1 unspecified atom stereocenters. The minimum Gasteiger partial charge on any atom is -0.253 e. The van der Waals surface area contributed by atoms with E-state index in [0.29, 0.717) is 11.0 Å². The van der Waals surface area contributed by atoms with Gasteiger partial charge in [-0.05, 0) is 13.8 Å². The molecule has 1 aromatic heterocycles.